The molecule has 0 aliphatic carbocycles. The van der Waals surface area contributed by atoms with E-state index in [2.05, 4.69) is 34.9 Å². The first kappa shape index (κ1) is 15.1. The Hall–Kier alpha value is -0.940. The fraction of sp³-hybridized carbons (Fsp3) is 0.571. The van der Waals surface area contributed by atoms with Gasteiger partial charge in [-0.3, -0.25) is 0 Å². The first-order valence-corrected chi connectivity index (χ1v) is 6.58. The smallest absolute Gasteiger partial charge is 0.0443 e. The molecule has 102 valence electrons. The first-order chi connectivity index (χ1) is 8.86. The summed E-state index contributed by atoms with van der Waals surface area (Å²) in [4.78, 5) is 0. The maximum atomic E-state index is 8.68. The standard InChI is InChI=1S/C14H24N2O2/c17-8-2-6-15-11-13-4-1-5-14(10-13)12-16-7-3-9-18/h1,4-5,10,15-18H,2-3,6-9,11-12H2. The number of aliphatic hydroxyl groups is 2. The fourth-order valence-corrected chi connectivity index (χ4v) is 1.72. The summed E-state index contributed by atoms with van der Waals surface area (Å²) in [6.45, 7) is 3.84. The quantitative estimate of drug-likeness (QED) is 0.461. The molecule has 4 nitrogen and oxygen atoms in total. The average Bonchev–Trinajstić information content (AvgIpc) is 2.40. The van der Waals surface area contributed by atoms with E-state index in [0.717, 1.165) is 39.0 Å². The van der Waals surface area contributed by atoms with Crippen LogP contribution in [-0.2, 0) is 13.1 Å². The highest BCUT2D eigenvalue weighted by Crippen LogP contribution is 2.05. The Labute approximate surface area is 109 Å². The SMILES string of the molecule is OCCCNCc1cccc(CNCCCO)c1. The second-order valence-electron chi connectivity index (χ2n) is 4.33. The summed E-state index contributed by atoms with van der Waals surface area (Å²) in [6.07, 6.45) is 1.59. The molecule has 0 aromatic heterocycles. The Bertz CT molecular complexity index is 291. The lowest BCUT2D eigenvalue weighted by atomic mass is 10.1. The summed E-state index contributed by atoms with van der Waals surface area (Å²) in [5, 5.41) is 24.0. The minimum absolute atomic E-state index is 0.238. The third kappa shape index (κ3) is 6.71. The van der Waals surface area contributed by atoms with Gasteiger partial charge in [0.05, 0.1) is 0 Å². The van der Waals surface area contributed by atoms with Crippen LogP contribution in [0.5, 0.6) is 0 Å². The highest BCUT2D eigenvalue weighted by atomic mass is 16.3. The molecule has 0 bridgehead atoms. The van der Waals surface area contributed by atoms with E-state index in [0.29, 0.717) is 0 Å². The third-order valence-electron chi connectivity index (χ3n) is 2.67. The fourth-order valence-electron chi connectivity index (χ4n) is 1.72. The van der Waals surface area contributed by atoms with E-state index in [1.54, 1.807) is 0 Å². The van der Waals surface area contributed by atoms with E-state index < -0.39 is 0 Å². The van der Waals surface area contributed by atoms with Gasteiger partial charge in [0.15, 0.2) is 0 Å². The topological polar surface area (TPSA) is 64.5 Å². The minimum Gasteiger partial charge on any atom is -0.396 e. The minimum atomic E-state index is 0.238. The van der Waals surface area contributed by atoms with Gasteiger partial charge in [0.1, 0.15) is 0 Å². The normalized spacial score (nSPS) is 10.8. The Morgan fingerprint density at radius 2 is 1.33 bits per heavy atom. The molecule has 0 amide bonds. The summed E-state index contributed by atoms with van der Waals surface area (Å²) >= 11 is 0. The lowest BCUT2D eigenvalue weighted by Gasteiger charge is -2.07. The van der Waals surface area contributed by atoms with Gasteiger partial charge in [-0.05, 0) is 37.1 Å². The predicted octanol–water partition coefficient (Wildman–Crippen LogP) is 0.631. The molecule has 4 N–H and O–H groups in total. The molecule has 0 fully saturated rings. The van der Waals surface area contributed by atoms with Crippen LogP contribution >= 0.6 is 0 Å². The molecule has 4 heteroatoms. The van der Waals surface area contributed by atoms with Crippen LogP contribution in [0.25, 0.3) is 0 Å². The average molecular weight is 252 g/mol. The highest BCUT2D eigenvalue weighted by molar-refractivity contribution is 5.23. The van der Waals surface area contributed by atoms with Crippen LogP contribution in [0.4, 0.5) is 0 Å². The van der Waals surface area contributed by atoms with E-state index >= 15 is 0 Å². The molecule has 1 aromatic carbocycles. The largest absolute Gasteiger partial charge is 0.396 e. The predicted molar refractivity (Wildman–Crippen MR) is 73.3 cm³/mol. The molecule has 1 rings (SSSR count). The van der Waals surface area contributed by atoms with Crippen molar-refractivity contribution < 1.29 is 10.2 Å². The zero-order chi connectivity index (χ0) is 13.1. The van der Waals surface area contributed by atoms with Crippen LogP contribution in [0.15, 0.2) is 24.3 Å². The van der Waals surface area contributed by atoms with Crippen LogP contribution in [0.2, 0.25) is 0 Å². The van der Waals surface area contributed by atoms with Crippen molar-refractivity contribution in [2.24, 2.45) is 0 Å². The molecular weight excluding hydrogens is 228 g/mol. The zero-order valence-corrected chi connectivity index (χ0v) is 10.9. The Morgan fingerprint density at radius 1 is 0.833 bits per heavy atom. The van der Waals surface area contributed by atoms with Gasteiger partial charge in [-0.25, -0.2) is 0 Å². The number of rotatable bonds is 10. The van der Waals surface area contributed by atoms with Crippen molar-refractivity contribution in [2.75, 3.05) is 26.3 Å². The first-order valence-electron chi connectivity index (χ1n) is 6.58. The van der Waals surface area contributed by atoms with E-state index in [1.165, 1.54) is 11.1 Å². The number of hydrogen-bond donors (Lipinski definition) is 4. The lowest BCUT2D eigenvalue weighted by molar-refractivity contribution is 0.286. The van der Waals surface area contributed by atoms with Crippen molar-refractivity contribution in [1.82, 2.24) is 10.6 Å². The molecule has 18 heavy (non-hydrogen) atoms. The van der Waals surface area contributed by atoms with Gasteiger partial charge in [-0.1, -0.05) is 24.3 Å². The van der Waals surface area contributed by atoms with Crippen LogP contribution < -0.4 is 10.6 Å². The van der Waals surface area contributed by atoms with Crippen molar-refractivity contribution in [3.8, 4) is 0 Å². The molecular formula is C14H24N2O2. The maximum Gasteiger partial charge on any atom is 0.0443 e. The monoisotopic (exact) mass is 252 g/mol. The second-order valence-corrected chi connectivity index (χ2v) is 4.33. The van der Waals surface area contributed by atoms with Gasteiger partial charge in [-0.2, -0.15) is 0 Å². The van der Waals surface area contributed by atoms with E-state index in [1.807, 2.05) is 0 Å². The van der Waals surface area contributed by atoms with E-state index in [-0.39, 0.29) is 13.2 Å². The number of nitrogens with one attached hydrogen (secondary N) is 2. The lowest BCUT2D eigenvalue weighted by Crippen LogP contribution is -2.17. The van der Waals surface area contributed by atoms with Crippen molar-refractivity contribution in [2.45, 2.75) is 25.9 Å². The van der Waals surface area contributed by atoms with Gasteiger partial charge in [0, 0.05) is 26.3 Å². The van der Waals surface area contributed by atoms with Crippen LogP contribution in [0.3, 0.4) is 0 Å². The third-order valence-corrected chi connectivity index (χ3v) is 2.67. The van der Waals surface area contributed by atoms with Gasteiger partial charge in [0.25, 0.3) is 0 Å². The van der Waals surface area contributed by atoms with Crippen molar-refractivity contribution in [1.29, 1.82) is 0 Å². The molecule has 0 saturated carbocycles. The van der Waals surface area contributed by atoms with E-state index in [4.69, 9.17) is 10.2 Å². The second kappa shape index (κ2) is 10.0. The van der Waals surface area contributed by atoms with Crippen molar-refractivity contribution in [3.63, 3.8) is 0 Å². The van der Waals surface area contributed by atoms with E-state index in [9.17, 15) is 0 Å². The molecule has 0 spiro atoms. The summed E-state index contributed by atoms with van der Waals surface area (Å²) in [6, 6.07) is 8.44. The number of benzene rings is 1. The molecule has 0 aliphatic rings. The van der Waals surface area contributed by atoms with Gasteiger partial charge < -0.3 is 20.8 Å². The molecule has 1 aromatic rings. The van der Waals surface area contributed by atoms with Gasteiger partial charge in [0.2, 0.25) is 0 Å². The molecule has 0 heterocycles. The number of hydrogen-bond acceptors (Lipinski definition) is 4. The molecule has 0 aliphatic heterocycles. The molecule has 0 saturated heterocycles. The Kier molecular flexibility index (Phi) is 8.42. The summed E-state index contributed by atoms with van der Waals surface area (Å²) in [5.41, 5.74) is 2.52. The Morgan fingerprint density at radius 3 is 1.78 bits per heavy atom. The van der Waals surface area contributed by atoms with Crippen LogP contribution in [0.1, 0.15) is 24.0 Å². The summed E-state index contributed by atoms with van der Waals surface area (Å²) in [5.74, 6) is 0. The number of aliphatic hydroxyl groups excluding tert-OH is 2. The molecule has 0 radical (unpaired) electrons. The van der Waals surface area contributed by atoms with Crippen LogP contribution in [-0.4, -0.2) is 36.5 Å². The maximum absolute atomic E-state index is 8.68. The zero-order valence-electron chi connectivity index (χ0n) is 10.9. The van der Waals surface area contributed by atoms with Crippen molar-refractivity contribution >= 4 is 0 Å². The molecule has 0 unspecified atom stereocenters. The van der Waals surface area contributed by atoms with Gasteiger partial charge in [-0.15, -0.1) is 0 Å². The Balaban J connectivity index is 2.27. The molecule has 0 atom stereocenters. The summed E-state index contributed by atoms with van der Waals surface area (Å²) < 4.78 is 0. The summed E-state index contributed by atoms with van der Waals surface area (Å²) in [7, 11) is 0. The van der Waals surface area contributed by atoms with Gasteiger partial charge >= 0.3 is 0 Å². The highest BCUT2D eigenvalue weighted by Gasteiger charge is 1.96. The van der Waals surface area contributed by atoms with Crippen molar-refractivity contribution in [3.05, 3.63) is 35.4 Å². The van der Waals surface area contributed by atoms with Crippen LogP contribution in [0, 0.1) is 0 Å².